The minimum absolute atomic E-state index is 0.00303. The zero-order chi connectivity index (χ0) is 14.4. The van der Waals surface area contributed by atoms with Crippen LogP contribution in [-0.4, -0.2) is 22.5 Å². The second-order valence-electron chi connectivity index (χ2n) is 4.53. The van der Waals surface area contributed by atoms with Crippen LogP contribution in [0.4, 0.5) is 0 Å². The molecule has 0 radical (unpaired) electrons. The second-order valence-corrected chi connectivity index (χ2v) is 5.47. The van der Waals surface area contributed by atoms with Crippen molar-refractivity contribution in [1.29, 1.82) is 0 Å². The quantitative estimate of drug-likeness (QED) is 0.858. The number of aromatic hydroxyl groups is 1. The SMILES string of the molecule is CCc1nc(CC(=O)NCCc2ccc(O)cc2)cs1. The number of hydrogen-bond acceptors (Lipinski definition) is 4. The molecule has 0 aliphatic heterocycles. The molecule has 0 unspecified atom stereocenters. The largest absolute Gasteiger partial charge is 0.508 e. The summed E-state index contributed by atoms with van der Waals surface area (Å²) in [6, 6.07) is 7.02. The zero-order valence-electron chi connectivity index (χ0n) is 11.4. The van der Waals surface area contributed by atoms with E-state index in [2.05, 4.69) is 17.2 Å². The second kappa shape index (κ2) is 7.05. The fourth-order valence-corrected chi connectivity index (χ4v) is 2.57. The Morgan fingerprint density at radius 2 is 2.10 bits per heavy atom. The first-order chi connectivity index (χ1) is 9.67. The van der Waals surface area contributed by atoms with E-state index in [4.69, 9.17) is 0 Å². The standard InChI is InChI=1S/C15H18N2O2S/c1-2-15-17-12(10-20-15)9-14(19)16-8-7-11-3-5-13(18)6-4-11/h3-6,10,18H,2,7-9H2,1H3,(H,16,19). The highest BCUT2D eigenvalue weighted by Gasteiger charge is 2.06. The van der Waals surface area contributed by atoms with Crippen molar-refractivity contribution in [3.8, 4) is 5.75 Å². The number of carbonyl (C=O) groups is 1. The third-order valence-electron chi connectivity index (χ3n) is 2.92. The molecule has 0 aliphatic carbocycles. The average Bonchev–Trinajstić information content (AvgIpc) is 2.88. The molecule has 0 atom stereocenters. The molecule has 0 bridgehead atoms. The smallest absolute Gasteiger partial charge is 0.226 e. The lowest BCUT2D eigenvalue weighted by Gasteiger charge is -2.04. The number of phenols is 1. The molecule has 0 fully saturated rings. The Hall–Kier alpha value is -1.88. The van der Waals surface area contributed by atoms with Gasteiger partial charge in [-0.15, -0.1) is 11.3 Å². The molecule has 20 heavy (non-hydrogen) atoms. The summed E-state index contributed by atoms with van der Waals surface area (Å²) in [5, 5.41) is 15.1. The van der Waals surface area contributed by atoms with E-state index in [-0.39, 0.29) is 11.7 Å². The van der Waals surface area contributed by atoms with E-state index in [0.717, 1.165) is 29.1 Å². The highest BCUT2D eigenvalue weighted by atomic mass is 32.1. The van der Waals surface area contributed by atoms with E-state index in [1.807, 2.05) is 17.5 Å². The first-order valence-electron chi connectivity index (χ1n) is 6.65. The van der Waals surface area contributed by atoms with E-state index < -0.39 is 0 Å². The lowest BCUT2D eigenvalue weighted by molar-refractivity contribution is -0.120. The van der Waals surface area contributed by atoms with Crippen LogP contribution in [0.25, 0.3) is 0 Å². The molecule has 0 spiro atoms. The fraction of sp³-hybridized carbons (Fsp3) is 0.333. The molecule has 5 heteroatoms. The van der Waals surface area contributed by atoms with Gasteiger partial charge in [-0.3, -0.25) is 4.79 Å². The van der Waals surface area contributed by atoms with Gasteiger partial charge in [0.25, 0.3) is 0 Å². The normalized spacial score (nSPS) is 10.4. The number of thiazole rings is 1. The van der Waals surface area contributed by atoms with E-state index >= 15 is 0 Å². The first-order valence-corrected chi connectivity index (χ1v) is 7.53. The lowest BCUT2D eigenvalue weighted by Crippen LogP contribution is -2.27. The van der Waals surface area contributed by atoms with Crippen LogP contribution in [-0.2, 0) is 24.1 Å². The number of rotatable bonds is 6. The molecular formula is C15H18N2O2S. The molecule has 4 nitrogen and oxygen atoms in total. The molecule has 0 saturated carbocycles. The first kappa shape index (κ1) is 14.5. The highest BCUT2D eigenvalue weighted by molar-refractivity contribution is 7.09. The van der Waals surface area contributed by atoms with Gasteiger partial charge in [0.05, 0.1) is 17.1 Å². The van der Waals surface area contributed by atoms with Crippen molar-refractivity contribution in [1.82, 2.24) is 10.3 Å². The summed E-state index contributed by atoms with van der Waals surface area (Å²) in [6.45, 7) is 2.65. The molecule has 2 aromatic rings. The van der Waals surface area contributed by atoms with Crippen LogP contribution in [0.3, 0.4) is 0 Å². The summed E-state index contributed by atoms with van der Waals surface area (Å²) in [7, 11) is 0. The van der Waals surface area contributed by atoms with Gasteiger partial charge in [0.2, 0.25) is 5.91 Å². The number of nitrogens with one attached hydrogen (secondary N) is 1. The van der Waals surface area contributed by atoms with Gasteiger partial charge in [0, 0.05) is 11.9 Å². The number of benzene rings is 1. The van der Waals surface area contributed by atoms with Gasteiger partial charge in [-0.1, -0.05) is 19.1 Å². The Bertz CT molecular complexity index is 564. The summed E-state index contributed by atoms with van der Waals surface area (Å²) in [5.74, 6) is 0.254. The van der Waals surface area contributed by atoms with Crippen LogP contribution in [0.15, 0.2) is 29.6 Å². The predicted octanol–water partition coefficient (Wildman–Crippen LogP) is 2.31. The molecule has 0 saturated heterocycles. The van der Waals surface area contributed by atoms with Crippen molar-refractivity contribution < 1.29 is 9.90 Å². The molecule has 1 aromatic carbocycles. The molecular weight excluding hydrogens is 272 g/mol. The van der Waals surface area contributed by atoms with E-state index in [9.17, 15) is 9.90 Å². The topological polar surface area (TPSA) is 62.2 Å². The van der Waals surface area contributed by atoms with Crippen molar-refractivity contribution in [2.24, 2.45) is 0 Å². The van der Waals surface area contributed by atoms with Gasteiger partial charge in [-0.25, -0.2) is 4.98 Å². The molecule has 0 aliphatic rings. The van der Waals surface area contributed by atoms with Gasteiger partial charge in [-0.05, 0) is 30.5 Å². The molecule has 2 rings (SSSR count). The molecule has 1 aromatic heterocycles. The van der Waals surface area contributed by atoms with Crippen LogP contribution in [0.5, 0.6) is 5.75 Å². The number of aryl methyl sites for hydroxylation is 1. The summed E-state index contributed by atoms with van der Waals surface area (Å²) < 4.78 is 0. The summed E-state index contributed by atoms with van der Waals surface area (Å²) in [4.78, 5) is 16.1. The number of phenolic OH excluding ortho intramolecular Hbond substituents is 1. The van der Waals surface area contributed by atoms with Gasteiger partial charge >= 0.3 is 0 Å². The van der Waals surface area contributed by atoms with Crippen molar-refractivity contribution in [3.63, 3.8) is 0 Å². The zero-order valence-corrected chi connectivity index (χ0v) is 12.2. The molecule has 1 heterocycles. The van der Waals surface area contributed by atoms with Gasteiger partial charge < -0.3 is 10.4 Å². The van der Waals surface area contributed by atoms with E-state index in [0.29, 0.717) is 13.0 Å². The van der Waals surface area contributed by atoms with E-state index in [1.165, 1.54) is 0 Å². The maximum Gasteiger partial charge on any atom is 0.226 e. The Morgan fingerprint density at radius 3 is 2.75 bits per heavy atom. The Kier molecular flexibility index (Phi) is 5.12. The number of aromatic nitrogens is 1. The lowest BCUT2D eigenvalue weighted by atomic mass is 10.1. The molecule has 1 amide bonds. The maximum absolute atomic E-state index is 11.8. The van der Waals surface area contributed by atoms with Crippen LogP contribution in [0, 0.1) is 0 Å². The molecule has 106 valence electrons. The summed E-state index contributed by atoms with van der Waals surface area (Å²) in [5.41, 5.74) is 1.93. The van der Waals surface area contributed by atoms with Gasteiger partial charge in [0.1, 0.15) is 5.75 Å². The summed E-state index contributed by atoms with van der Waals surface area (Å²) in [6.07, 6.45) is 2.00. The Morgan fingerprint density at radius 1 is 1.35 bits per heavy atom. The Balaban J connectivity index is 1.73. The number of hydrogen-bond donors (Lipinski definition) is 2. The van der Waals surface area contributed by atoms with Crippen molar-refractivity contribution in [2.45, 2.75) is 26.2 Å². The van der Waals surface area contributed by atoms with Gasteiger partial charge in [-0.2, -0.15) is 0 Å². The van der Waals surface area contributed by atoms with Crippen molar-refractivity contribution in [2.75, 3.05) is 6.54 Å². The number of carbonyl (C=O) groups excluding carboxylic acids is 1. The number of nitrogens with zero attached hydrogens (tertiary/aromatic N) is 1. The average molecular weight is 290 g/mol. The predicted molar refractivity (Wildman–Crippen MR) is 80.0 cm³/mol. The third-order valence-corrected chi connectivity index (χ3v) is 3.96. The van der Waals surface area contributed by atoms with Crippen LogP contribution < -0.4 is 5.32 Å². The molecule has 2 N–H and O–H groups in total. The minimum Gasteiger partial charge on any atom is -0.508 e. The van der Waals surface area contributed by atoms with Gasteiger partial charge in [0.15, 0.2) is 0 Å². The fourth-order valence-electron chi connectivity index (χ4n) is 1.83. The third kappa shape index (κ3) is 4.35. The highest BCUT2D eigenvalue weighted by Crippen LogP contribution is 2.11. The van der Waals surface area contributed by atoms with Crippen LogP contribution in [0.1, 0.15) is 23.2 Å². The van der Waals surface area contributed by atoms with Crippen LogP contribution in [0.2, 0.25) is 0 Å². The van der Waals surface area contributed by atoms with E-state index in [1.54, 1.807) is 23.5 Å². The minimum atomic E-state index is -0.00303. The van der Waals surface area contributed by atoms with Crippen molar-refractivity contribution in [3.05, 3.63) is 45.9 Å². The van der Waals surface area contributed by atoms with Crippen molar-refractivity contribution >= 4 is 17.2 Å². The van der Waals surface area contributed by atoms with Crippen LogP contribution >= 0.6 is 11.3 Å². The number of amides is 1. The maximum atomic E-state index is 11.8. The monoisotopic (exact) mass is 290 g/mol. The Labute approximate surface area is 122 Å². The summed E-state index contributed by atoms with van der Waals surface area (Å²) >= 11 is 1.60.